The van der Waals surface area contributed by atoms with Gasteiger partial charge in [-0.05, 0) is 82.1 Å². The van der Waals surface area contributed by atoms with Gasteiger partial charge in [-0.2, -0.15) is 0 Å². The molecule has 1 aliphatic carbocycles. The van der Waals surface area contributed by atoms with E-state index in [-0.39, 0.29) is 49.7 Å². The second-order valence-electron chi connectivity index (χ2n) is 14.8. The highest BCUT2D eigenvalue weighted by atomic mass is 16.6. The van der Waals surface area contributed by atoms with Crippen molar-refractivity contribution in [2.75, 3.05) is 19.8 Å². The van der Waals surface area contributed by atoms with Crippen LogP contribution in [0.15, 0.2) is 60.7 Å². The molecule has 0 saturated carbocycles. The van der Waals surface area contributed by atoms with Crippen LogP contribution in [-0.4, -0.2) is 79.4 Å². The summed E-state index contributed by atoms with van der Waals surface area (Å²) in [5.74, 6) is -2.33. The SMILES string of the molecule is CCOC(=O)C=C[C@H](C[C@@H]1CCNC1=O)NC(=O)[C@H](CC(C)C)NC(=O)[C@@H](NC(=O)OCC1c2ccccc2-c2ccccc21)C(C)OC(C)(C)C. The Labute approximate surface area is 306 Å². The number of fused-ring (bicyclic) bond motifs is 3. The molecule has 4 N–H and O–H groups in total. The van der Waals surface area contributed by atoms with Crippen molar-refractivity contribution in [3.63, 3.8) is 0 Å². The van der Waals surface area contributed by atoms with Crippen LogP contribution in [0.3, 0.4) is 0 Å². The molecule has 4 rings (SSSR count). The van der Waals surface area contributed by atoms with Crippen LogP contribution in [0, 0.1) is 11.8 Å². The van der Waals surface area contributed by atoms with Gasteiger partial charge in [0.15, 0.2) is 0 Å². The monoisotopic (exact) mass is 718 g/mol. The van der Waals surface area contributed by atoms with Crippen molar-refractivity contribution >= 4 is 29.8 Å². The molecule has 0 aromatic heterocycles. The van der Waals surface area contributed by atoms with Crippen LogP contribution in [0.4, 0.5) is 4.79 Å². The third-order valence-corrected chi connectivity index (χ3v) is 9.03. The van der Waals surface area contributed by atoms with Crippen molar-refractivity contribution < 1.29 is 38.2 Å². The van der Waals surface area contributed by atoms with Crippen molar-refractivity contribution in [2.24, 2.45) is 11.8 Å². The van der Waals surface area contributed by atoms with Crippen molar-refractivity contribution in [1.82, 2.24) is 21.3 Å². The maximum Gasteiger partial charge on any atom is 0.407 e. The minimum atomic E-state index is -1.21. The lowest BCUT2D eigenvalue weighted by atomic mass is 9.96. The first kappa shape index (κ1) is 40.1. The largest absolute Gasteiger partial charge is 0.463 e. The summed E-state index contributed by atoms with van der Waals surface area (Å²) in [6, 6.07) is 13.1. The molecule has 2 aliphatic rings. The fraction of sp³-hybridized carbons (Fsp3) is 0.525. The normalized spacial score (nSPS) is 17.8. The maximum absolute atomic E-state index is 14.0. The molecule has 1 fully saturated rings. The maximum atomic E-state index is 14.0. The Morgan fingerprint density at radius 3 is 2.10 bits per heavy atom. The fourth-order valence-corrected chi connectivity index (χ4v) is 6.78. The summed E-state index contributed by atoms with van der Waals surface area (Å²) in [6.07, 6.45) is 2.28. The van der Waals surface area contributed by atoms with Crippen molar-refractivity contribution in [1.29, 1.82) is 0 Å². The number of benzene rings is 2. The molecular formula is C40H54N4O8. The second kappa shape index (κ2) is 18.2. The Hall–Kier alpha value is -4.71. The van der Waals surface area contributed by atoms with Gasteiger partial charge in [-0.1, -0.05) is 68.5 Å². The molecule has 1 saturated heterocycles. The third kappa shape index (κ3) is 11.1. The Kier molecular flexibility index (Phi) is 14.0. The van der Waals surface area contributed by atoms with Crippen LogP contribution < -0.4 is 21.3 Å². The molecule has 1 heterocycles. The summed E-state index contributed by atoms with van der Waals surface area (Å²) in [4.78, 5) is 65.7. The first-order valence-corrected chi connectivity index (χ1v) is 18.2. The standard InChI is InChI=1S/C40H54N4O8/c1-8-50-34(45)18-17-27(22-26-19-20-41-36(26)46)42-37(47)33(21-24(2)3)43-38(48)35(25(4)52-40(5,6)7)44-39(49)51-23-32-30-15-11-9-13-28(30)29-14-10-12-16-31(29)32/h9-18,24-27,32-33,35H,8,19-23H2,1-7H3,(H,41,46)(H,42,47)(H,43,48)(H,44,49)/t25?,26-,27+,33-,35-/m0/s1. The number of alkyl carbamates (subject to hydrolysis) is 1. The molecule has 12 nitrogen and oxygen atoms in total. The molecule has 12 heteroatoms. The van der Waals surface area contributed by atoms with Crippen molar-refractivity contribution in [3.05, 3.63) is 71.8 Å². The van der Waals surface area contributed by atoms with Gasteiger partial charge >= 0.3 is 12.1 Å². The van der Waals surface area contributed by atoms with E-state index in [1.54, 1.807) is 13.8 Å². The van der Waals surface area contributed by atoms with E-state index < -0.39 is 53.7 Å². The summed E-state index contributed by atoms with van der Waals surface area (Å²) >= 11 is 0. The van der Waals surface area contributed by atoms with Gasteiger partial charge in [0, 0.05) is 30.5 Å². The van der Waals surface area contributed by atoms with E-state index in [4.69, 9.17) is 14.2 Å². The van der Waals surface area contributed by atoms with Crippen LogP contribution >= 0.6 is 0 Å². The lowest BCUT2D eigenvalue weighted by molar-refractivity contribution is -0.137. The Morgan fingerprint density at radius 1 is 0.904 bits per heavy atom. The molecule has 1 aliphatic heterocycles. The highest BCUT2D eigenvalue weighted by molar-refractivity contribution is 5.92. The topological polar surface area (TPSA) is 161 Å². The number of esters is 1. The number of carbonyl (C=O) groups is 5. The van der Waals surface area contributed by atoms with E-state index in [1.165, 1.54) is 12.2 Å². The summed E-state index contributed by atoms with van der Waals surface area (Å²) in [5.41, 5.74) is 3.65. The van der Waals surface area contributed by atoms with E-state index in [0.29, 0.717) is 13.0 Å². The first-order valence-electron chi connectivity index (χ1n) is 18.2. The van der Waals surface area contributed by atoms with Gasteiger partial charge < -0.3 is 35.5 Å². The van der Waals surface area contributed by atoms with Gasteiger partial charge in [0.1, 0.15) is 18.7 Å². The quantitative estimate of drug-likeness (QED) is 0.143. The minimum absolute atomic E-state index is 0.00183. The van der Waals surface area contributed by atoms with Crippen LogP contribution in [-0.2, 0) is 33.4 Å². The Bertz CT molecular complexity index is 1570. The van der Waals surface area contributed by atoms with Crippen LogP contribution in [0.2, 0.25) is 0 Å². The highest BCUT2D eigenvalue weighted by Crippen LogP contribution is 2.44. The van der Waals surface area contributed by atoms with E-state index in [0.717, 1.165) is 22.3 Å². The number of hydrogen-bond acceptors (Lipinski definition) is 8. The lowest BCUT2D eigenvalue weighted by Gasteiger charge is -2.32. The average molecular weight is 719 g/mol. The zero-order chi connectivity index (χ0) is 38.0. The zero-order valence-corrected chi connectivity index (χ0v) is 31.3. The van der Waals surface area contributed by atoms with Gasteiger partial charge in [0.25, 0.3) is 0 Å². The van der Waals surface area contributed by atoms with Gasteiger partial charge in [0.05, 0.1) is 18.3 Å². The Balaban J connectivity index is 1.49. The molecule has 0 radical (unpaired) electrons. The van der Waals surface area contributed by atoms with Crippen molar-refractivity contribution in [3.8, 4) is 11.1 Å². The average Bonchev–Trinajstić information content (AvgIpc) is 3.63. The summed E-state index contributed by atoms with van der Waals surface area (Å²) in [6.45, 7) is 13.5. The summed E-state index contributed by atoms with van der Waals surface area (Å²) in [7, 11) is 0. The Morgan fingerprint density at radius 2 is 1.54 bits per heavy atom. The summed E-state index contributed by atoms with van der Waals surface area (Å²) in [5, 5.41) is 11.3. The van der Waals surface area contributed by atoms with E-state index >= 15 is 0 Å². The molecule has 1 unspecified atom stereocenters. The van der Waals surface area contributed by atoms with Crippen LogP contribution in [0.25, 0.3) is 11.1 Å². The van der Waals surface area contributed by atoms with Gasteiger partial charge in [0.2, 0.25) is 17.7 Å². The molecule has 5 atom stereocenters. The molecule has 52 heavy (non-hydrogen) atoms. The number of nitrogens with one attached hydrogen (secondary N) is 4. The number of amides is 4. The first-order chi connectivity index (χ1) is 24.7. The number of carbonyl (C=O) groups excluding carboxylic acids is 5. The molecule has 0 bridgehead atoms. The molecular weight excluding hydrogens is 664 g/mol. The third-order valence-electron chi connectivity index (χ3n) is 9.03. The van der Waals surface area contributed by atoms with Gasteiger partial charge in [-0.15, -0.1) is 0 Å². The van der Waals surface area contributed by atoms with Crippen LogP contribution in [0.5, 0.6) is 0 Å². The van der Waals surface area contributed by atoms with E-state index in [1.807, 2.05) is 83.1 Å². The van der Waals surface area contributed by atoms with E-state index in [2.05, 4.69) is 21.3 Å². The molecule has 4 amide bonds. The smallest absolute Gasteiger partial charge is 0.407 e. The van der Waals surface area contributed by atoms with E-state index in [9.17, 15) is 24.0 Å². The van der Waals surface area contributed by atoms with Crippen LogP contribution in [0.1, 0.15) is 84.8 Å². The van der Waals surface area contributed by atoms with Gasteiger partial charge in [-0.25, -0.2) is 9.59 Å². The van der Waals surface area contributed by atoms with Gasteiger partial charge in [-0.3, -0.25) is 14.4 Å². The minimum Gasteiger partial charge on any atom is -0.463 e. The molecule has 2 aromatic rings. The molecule has 2 aromatic carbocycles. The molecule has 0 spiro atoms. The lowest BCUT2D eigenvalue weighted by Crippen LogP contribution is -2.59. The number of rotatable bonds is 16. The number of hydrogen-bond donors (Lipinski definition) is 4. The molecule has 282 valence electrons. The predicted octanol–water partition coefficient (Wildman–Crippen LogP) is 4.76. The highest BCUT2D eigenvalue weighted by Gasteiger charge is 2.36. The van der Waals surface area contributed by atoms with Crippen molar-refractivity contribution in [2.45, 2.75) is 103 Å². The summed E-state index contributed by atoms with van der Waals surface area (Å²) < 4.78 is 16.9. The predicted molar refractivity (Wildman–Crippen MR) is 197 cm³/mol. The number of ether oxygens (including phenoxy) is 3. The fourth-order valence-electron chi connectivity index (χ4n) is 6.78. The zero-order valence-electron chi connectivity index (χ0n) is 31.3. The second-order valence-corrected chi connectivity index (χ2v) is 14.8.